The average molecular weight is 273 g/mol. The normalized spacial score (nSPS) is 30.4. The number of rotatable bonds is 3. The maximum atomic E-state index is 10.7. The number of hydrogen-bond acceptors (Lipinski definition) is 4. The standard InChI is InChI=1S/C13H15N5O2/c1-8-4-9-10(14-2-3-18(9)17-8)15-12-5-13(6-12,7-12)16-11(19)20/h2-4,16H,5-7H2,1H3,(H,14,15)(H,19,20). The third-order valence-corrected chi connectivity index (χ3v) is 4.30. The minimum absolute atomic E-state index is 0.00450. The van der Waals surface area contributed by atoms with Gasteiger partial charge in [-0.3, -0.25) is 0 Å². The largest absolute Gasteiger partial charge is 0.465 e. The van der Waals surface area contributed by atoms with Gasteiger partial charge in [0.2, 0.25) is 0 Å². The molecule has 0 saturated heterocycles. The van der Waals surface area contributed by atoms with Gasteiger partial charge in [0.25, 0.3) is 0 Å². The van der Waals surface area contributed by atoms with Crippen molar-refractivity contribution >= 4 is 17.4 Å². The van der Waals surface area contributed by atoms with E-state index in [2.05, 4.69) is 20.7 Å². The number of hydrogen-bond donors (Lipinski definition) is 3. The van der Waals surface area contributed by atoms with Gasteiger partial charge in [-0.1, -0.05) is 0 Å². The third-order valence-electron chi connectivity index (χ3n) is 4.30. The van der Waals surface area contributed by atoms with E-state index in [9.17, 15) is 4.79 Å². The molecule has 0 radical (unpaired) electrons. The Kier molecular flexibility index (Phi) is 1.97. The Morgan fingerprint density at radius 1 is 1.40 bits per heavy atom. The third kappa shape index (κ3) is 1.49. The van der Waals surface area contributed by atoms with E-state index in [0.717, 1.165) is 36.3 Å². The number of anilines is 1. The fourth-order valence-corrected chi connectivity index (χ4v) is 3.67. The Morgan fingerprint density at radius 3 is 2.85 bits per heavy atom. The van der Waals surface area contributed by atoms with Crippen LogP contribution in [0.1, 0.15) is 25.0 Å². The van der Waals surface area contributed by atoms with Crippen molar-refractivity contribution in [3.8, 4) is 0 Å². The van der Waals surface area contributed by atoms with Crippen molar-refractivity contribution in [1.82, 2.24) is 19.9 Å². The van der Waals surface area contributed by atoms with Crippen LogP contribution in [0.25, 0.3) is 5.52 Å². The molecule has 3 N–H and O–H groups in total. The summed E-state index contributed by atoms with van der Waals surface area (Å²) in [5.41, 5.74) is 1.69. The second-order valence-electron chi connectivity index (χ2n) is 6.04. The molecule has 2 aromatic rings. The summed E-state index contributed by atoms with van der Waals surface area (Å²) in [7, 11) is 0. The predicted molar refractivity (Wildman–Crippen MR) is 71.8 cm³/mol. The Hall–Kier alpha value is -2.31. The topological polar surface area (TPSA) is 91.5 Å². The quantitative estimate of drug-likeness (QED) is 0.786. The van der Waals surface area contributed by atoms with Gasteiger partial charge in [0.15, 0.2) is 5.82 Å². The molecule has 2 heterocycles. The van der Waals surface area contributed by atoms with Crippen molar-refractivity contribution in [3.63, 3.8) is 0 Å². The van der Waals surface area contributed by atoms with Gasteiger partial charge in [0.05, 0.1) is 11.2 Å². The molecule has 5 rings (SSSR count). The number of amides is 1. The second kappa shape index (κ2) is 3.41. The first-order valence-corrected chi connectivity index (χ1v) is 6.60. The highest BCUT2D eigenvalue weighted by Gasteiger charge is 2.69. The van der Waals surface area contributed by atoms with Gasteiger partial charge in [-0.15, -0.1) is 0 Å². The lowest BCUT2D eigenvalue weighted by molar-refractivity contribution is -0.0574. The van der Waals surface area contributed by atoms with Gasteiger partial charge in [0.1, 0.15) is 5.52 Å². The molecule has 2 bridgehead atoms. The zero-order valence-corrected chi connectivity index (χ0v) is 11.1. The summed E-state index contributed by atoms with van der Waals surface area (Å²) >= 11 is 0. The Bertz CT molecular complexity index is 703. The number of carboxylic acid groups (broad SMARTS) is 1. The molecule has 3 saturated carbocycles. The summed E-state index contributed by atoms with van der Waals surface area (Å²) < 4.78 is 1.81. The van der Waals surface area contributed by atoms with Gasteiger partial charge in [-0.2, -0.15) is 5.10 Å². The maximum Gasteiger partial charge on any atom is 0.405 e. The lowest BCUT2D eigenvalue weighted by Crippen LogP contribution is -2.81. The molecule has 20 heavy (non-hydrogen) atoms. The number of aromatic nitrogens is 3. The molecule has 3 aliphatic rings. The molecule has 0 aliphatic heterocycles. The van der Waals surface area contributed by atoms with Crippen molar-refractivity contribution < 1.29 is 9.90 Å². The van der Waals surface area contributed by atoms with Crippen LogP contribution in [-0.2, 0) is 0 Å². The van der Waals surface area contributed by atoms with Crippen LogP contribution < -0.4 is 10.6 Å². The molecule has 0 atom stereocenters. The summed E-state index contributed by atoms with van der Waals surface area (Å²) in [6.07, 6.45) is 5.07. The lowest BCUT2D eigenvalue weighted by atomic mass is 9.44. The van der Waals surface area contributed by atoms with Crippen LogP contribution in [0, 0.1) is 6.92 Å². The fraction of sp³-hybridized carbons (Fsp3) is 0.462. The molecular weight excluding hydrogens is 258 g/mol. The summed E-state index contributed by atoms with van der Waals surface area (Å²) in [4.78, 5) is 15.1. The van der Waals surface area contributed by atoms with Gasteiger partial charge in [0, 0.05) is 17.9 Å². The molecule has 2 aromatic heterocycles. The molecule has 3 aliphatic carbocycles. The van der Waals surface area contributed by atoms with Crippen LogP contribution >= 0.6 is 0 Å². The molecule has 7 nitrogen and oxygen atoms in total. The number of nitrogens with one attached hydrogen (secondary N) is 2. The van der Waals surface area contributed by atoms with E-state index in [1.165, 1.54) is 0 Å². The minimum atomic E-state index is -0.940. The number of aryl methyl sites for hydroxylation is 1. The fourth-order valence-electron chi connectivity index (χ4n) is 3.67. The molecule has 7 heteroatoms. The average Bonchev–Trinajstić information content (AvgIpc) is 2.65. The van der Waals surface area contributed by atoms with E-state index < -0.39 is 6.09 Å². The molecule has 0 unspecified atom stereocenters. The smallest absolute Gasteiger partial charge is 0.405 e. The Morgan fingerprint density at radius 2 is 2.15 bits per heavy atom. The van der Waals surface area contributed by atoms with Gasteiger partial charge in [-0.05, 0) is 32.3 Å². The molecular formula is C13H15N5O2. The zero-order valence-electron chi connectivity index (χ0n) is 11.1. The van der Waals surface area contributed by atoms with Crippen LogP contribution in [0.5, 0.6) is 0 Å². The summed E-state index contributed by atoms with van der Waals surface area (Å²) in [5, 5.41) is 19.2. The predicted octanol–water partition coefficient (Wildman–Crippen LogP) is 1.39. The van der Waals surface area contributed by atoms with Crippen molar-refractivity contribution in [2.75, 3.05) is 5.32 Å². The highest BCUT2D eigenvalue weighted by Crippen LogP contribution is 2.61. The first-order chi connectivity index (χ1) is 9.49. The van der Waals surface area contributed by atoms with Crippen LogP contribution in [0.15, 0.2) is 18.5 Å². The lowest BCUT2D eigenvalue weighted by Gasteiger charge is -2.70. The van der Waals surface area contributed by atoms with Gasteiger partial charge >= 0.3 is 6.09 Å². The van der Waals surface area contributed by atoms with Crippen molar-refractivity contribution in [2.24, 2.45) is 0 Å². The van der Waals surface area contributed by atoms with Crippen molar-refractivity contribution in [3.05, 3.63) is 24.2 Å². The zero-order chi connectivity index (χ0) is 14.0. The SMILES string of the molecule is Cc1cc2c(NC34CC(NC(=O)O)(C3)C4)nccn2n1. The molecule has 3 fully saturated rings. The van der Waals surface area contributed by atoms with Crippen LogP contribution in [0.2, 0.25) is 0 Å². The number of carbonyl (C=O) groups is 1. The van der Waals surface area contributed by atoms with E-state index in [0.29, 0.717) is 0 Å². The van der Waals surface area contributed by atoms with Gasteiger partial charge in [-0.25, -0.2) is 14.3 Å². The van der Waals surface area contributed by atoms with E-state index in [1.807, 2.05) is 19.2 Å². The Labute approximate surface area is 115 Å². The minimum Gasteiger partial charge on any atom is -0.465 e. The summed E-state index contributed by atoms with van der Waals surface area (Å²) in [5.74, 6) is 0.816. The number of nitrogens with zero attached hydrogens (tertiary/aromatic N) is 3. The maximum absolute atomic E-state index is 10.7. The first kappa shape index (κ1) is 11.5. The van der Waals surface area contributed by atoms with Crippen LogP contribution in [0.3, 0.4) is 0 Å². The summed E-state index contributed by atoms with van der Waals surface area (Å²) in [6, 6.07) is 1.99. The highest BCUT2D eigenvalue weighted by atomic mass is 16.4. The monoisotopic (exact) mass is 273 g/mol. The van der Waals surface area contributed by atoms with Crippen molar-refractivity contribution in [1.29, 1.82) is 0 Å². The Balaban J connectivity index is 1.55. The number of fused-ring (bicyclic) bond motifs is 1. The van der Waals surface area contributed by atoms with Crippen molar-refractivity contribution in [2.45, 2.75) is 37.3 Å². The van der Waals surface area contributed by atoms with Crippen LogP contribution in [0.4, 0.5) is 10.6 Å². The van der Waals surface area contributed by atoms with E-state index in [1.54, 1.807) is 10.7 Å². The second-order valence-corrected chi connectivity index (χ2v) is 6.04. The highest BCUT2D eigenvalue weighted by molar-refractivity contribution is 5.71. The van der Waals surface area contributed by atoms with Gasteiger partial charge < -0.3 is 15.7 Å². The molecule has 104 valence electrons. The summed E-state index contributed by atoms with van der Waals surface area (Å²) in [6.45, 7) is 1.95. The first-order valence-electron chi connectivity index (χ1n) is 6.60. The van der Waals surface area contributed by atoms with E-state index in [4.69, 9.17) is 5.11 Å². The van der Waals surface area contributed by atoms with E-state index in [-0.39, 0.29) is 11.1 Å². The molecule has 0 aromatic carbocycles. The molecule has 0 spiro atoms. The van der Waals surface area contributed by atoms with Crippen LogP contribution in [-0.4, -0.2) is 36.9 Å². The molecule has 1 amide bonds. The van der Waals surface area contributed by atoms with E-state index >= 15 is 0 Å².